The van der Waals surface area contributed by atoms with Gasteiger partial charge in [-0.1, -0.05) is 11.6 Å². The lowest BCUT2D eigenvalue weighted by atomic mass is 10.2. The Labute approximate surface area is 96.6 Å². The van der Waals surface area contributed by atoms with E-state index in [-0.39, 0.29) is 16.9 Å². The van der Waals surface area contributed by atoms with Crippen LogP contribution in [0.1, 0.15) is 19.1 Å². The molecule has 7 heteroatoms. The normalized spacial score (nSPS) is 24.9. The maximum atomic E-state index is 11.5. The Bertz CT molecular complexity index is 448. The average Bonchev–Trinajstić information content (AvgIpc) is 2.71. The van der Waals surface area contributed by atoms with Gasteiger partial charge in [0, 0.05) is 6.20 Å². The molecule has 0 spiro atoms. The predicted octanol–water partition coefficient (Wildman–Crippen LogP) is 0.691. The van der Waals surface area contributed by atoms with Gasteiger partial charge in [0.05, 0.1) is 11.1 Å². The third-order valence-corrected chi connectivity index (χ3v) is 2.73. The summed E-state index contributed by atoms with van der Waals surface area (Å²) in [5.74, 6) is 0.00573. The maximum absolute atomic E-state index is 11.5. The van der Waals surface area contributed by atoms with Crippen LogP contribution in [0.5, 0.6) is 0 Å². The molecule has 2 atom stereocenters. The van der Waals surface area contributed by atoms with E-state index in [4.69, 9.17) is 27.2 Å². The van der Waals surface area contributed by atoms with E-state index in [1.54, 1.807) is 0 Å². The van der Waals surface area contributed by atoms with Crippen LogP contribution < -0.4 is 11.4 Å². The minimum Gasteiger partial charge on any atom is -0.388 e. The van der Waals surface area contributed by atoms with Crippen molar-refractivity contribution < 1.29 is 9.84 Å². The van der Waals surface area contributed by atoms with Crippen molar-refractivity contribution in [3.63, 3.8) is 0 Å². The van der Waals surface area contributed by atoms with Crippen LogP contribution in [-0.2, 0) is 4.74 Å². The van der Waals surface area contributed by atoms with Crippen LogP contribution in [0, 0.1) is 6.61 Å². The number of nitrogen functional groups attached to an aromatic ring is 1. The summed E-state index contributed by atoms with van der Waals surface area (Å²) in [6.07, 6.45) is 1.86. The molecule has 1 aliphatic rings. The Kier molecular flexibility index (Phi) is 3.13. The Morgan fingerprint density at radius 2 is 2.44 bits per heavy atom. The standard InChI is InChI=1S/C9H11ClN3O3/c10-6-3-13(9(15)12-8(6)11)7-2-1-5(4-14)16-7/h3-5,7,14H,1-2H2,(H2,11,12,15)/t5-,7+/m0/s1. The summed E-state index contributed by atoms with van der Waals surface area (Å²) in [7, 11) is 0. The largest absolute Gasteiger partial charge is 0.388 e. The quantitative estimate of drug-likeness (QED) is 0.799. The molecule has 0 aromatic carbocycles. The number of aliphatic hydroxyl groups is 1. The number of ether oxygens (including phenoxy) is 1. The summed E-state index contributed by atoms with van der Waals surface area (Å²) in [6.45, 7) is 0.970. The number of anilines is 1. The zero-order chi connectivity index (χ0) is 11.7. The summed E-state index contributed by atoms with van der Waals surface area (Å²) in [6, 6.07) is 0. The van der Waals surface area contributed by atoms with E-state index in [1.165, 1.54) is 10.8 Å². The first kappa shape index (κ1) is 11.4. The lowest BCUT2D eigenvalue weighted by Crippen LogP contribution is -2.27. The molecule has 87 valence electrons. The number of aliphatic hydroxyl groups excluding tert-OH is 1. The van der Waals surface area contributed by atoms with Gasteiger partial charge in [0.25, 0.3) is 0 Å². The number of hydrogen-bond donors (Lipinski definition) is 2. The van der Waals surface area contributed by atoms with E-state index in [0.717, 1.165) is 6.61 Å². The van der Waals surface area contributed by atoms with Crippen molar-refractivity contribution >= 4 is 17.4 Å². The van der Waals surface area contributed by atoms with Gasteiger partial charge < -0.3 is 15.6 Å². The molecule has 1 aromatic heterocycles. The predicted molar refractivity (Wildman–Crippen MR) is 57.3 cm³/mol. The van der Waals surface area contributed by atoms with Gasteiger partial charge in [0.15, 0.2) is 0 Å². The number of rotatable bonds is 2. The van der Waals surface area contributed by atoms with E-state index < -0.39 is 11.9 Å². The average molecular weight is 245 g/mol. The monoisotopic (exact) mass is 244 g/mol. The van der Waals surface area contributed by atoms with E-state index >= 15 is 0 Å². The van der Waals surface area contributed by atoms with Crippen molar-refractivity contribution in [2.75, 3.05) is 5.73 Å². The number of nitrogens with two attached hydrogens (primary N) is 1. The molecule has 1 fully saturated rings. The van der Waals surface area contributed by atoms with E-state index in [0.29, 0.717) is 12.8 Å². The molecular weight excluding hydrogens is 234 g/mol. The highest BCUT2D eigenvalue weighted by atomic mass is 35.5. The Morgan fingerprint density at radius 3 is 3.06 bits per heavy atom. The van der Waals surface area contributed by atoms with Crippen LogP contribution in [0.3, 0.4) is 0 Å². The second-order valence-corrected chi connectivity index (χ2v) is 3.93. The van der Waals surface area contributed by atoms with Crippen LogP contribution in [0.2, 0.25) is 5.02 Å². The molecule has 0 amide bonds. The first-order valence-electron chi connectivity index (χ1n) is 4.79. The lowest BCUT2D eigenvalue weighted by Gasteiger charge is -2.14. The van der Waals surface area contributed by atoms with Crippen molar-refractivity contribution in [1.29, 1.82) is 0 Å². The molecule has 1 aliphatic heterocycles. The first-order chi connectivity index (χ1) is 7.61. The molecule has 1 aromatic rings. The minimum absolute atomic E-state index is 0.00573. The zero-order valence-corrected chi connectivity index (χ0v) is 9.09. The second kappa shape index (κ2) is 4.40. The fourth-order valence-corrected chi connectivity index (χ4v) is 1.77. The minimum atomic E-state index is -0.509. The van der Waals surface area contributed by atoms with E-state index in [1.807, 2.05) is 0 Å². The Hall–Kier alpha value is -1.11. The van der Waals surface area contributed by atoms with Crippen LogP contribution in [0.4, 0.5) is 5.82 Å². The zero-order valence-electron chi connectivity index (χ0n) is 8.34. The highest BCUT2D eigenvalue weighted by Gasteiger charge is 2.27. The van der Waals surface area contributed by atoms with Crippen LogP contribution in [0.25, 0.3) is 0 Å². The first-order valence-corrected chi connectivity index (χ1v) is 5.17. The van der Waals surface area contributed by atoms with E-state index in [9.17, 15) is 4.79 Å². The summed E-state index contributed by atoms with van der Waals surface area (Å²) >= 11 is 5.77. The fraction of sp³-hybridized carbons (Fsp3) is 0.444. The highest BCUT2D eigenvalue weighted by Crippen LogP contribution is 2.28. The van der Waals surface area contributed by atoms with Crippen LogP contribution in [0.15, 0.2) is 11.0 Å². The van der Waals surface area contributed by atoms with Crippen molar-refractivity contribution in [2.24, 2.45) is 0 Å². The van der Waals surface area contributed by atoms with Gasteiger partial charge in [0.2, 0.25) is 0 Å². The molecule has 0 unspecified atom stereocenters. The number of halogens is 1. The van der Waals surface area contributed by atoms with Crippen molar-refractivity contribution in [2.45, 2.75) is 25.2 Å². The smallest absolute Gasteiger partial charge is 0.351 e. The van der Waals surface area contributed by atoms with Gasteiger partial charge in [0.1, 0.15) is 18.7 Å². The van der Waals surface area contributed by atoms with Crippen molar-refractivity contribution in [3.8, 4) is 0 Å². The molecule has 2 heterocycles. The molecule has 0 bridgehead atoms. The van der Waals surface area contributed by atoms with Crippen molar-refractivity contribution in [1.82, 2.24) is 9.55 Å². The second-order valence-electron chi connectivity index (χ2n) is 3.52. The van der Waals surface area contributed by atoms with E-state index in [2.05, 4.69) is 4.98 Å². The molecule has 0 saturated carbocycles. The molecule has 0 aliphatic carbocycles. The van der Waals surface area contributed by atoms with Crippen LogP contribution in [-0.4, -0.2) is 20.8 Å². The van der Waals surface area contributed by atoms with Gasteiger partial charge >= 0.3 is 5.69 Å². The van der Waals surface area contributed by atoms with Crippen molar-refractivity contribution in [3.05, 3.63) is 28.3 Å². The summed E-state index contributed by atoms with van der Waals surface area (Å²) in [4.78, 5) is 15.1. The lowest BCUT2D eigenvalue weighted by molar-refractivity contribution is -0.00412. The number of nitrogens with zero attached hydrogens (tertiary/aromatic N) is 2. The third-order valence-electron chi connectivity index (χ3n) is 2.44. The fourth-order valence-electron chi connectivity index (χ4n) is 1.62. The van der Waals surface area contributed by atoms with Crippen LogP contribution >= 0.6 is 11.6 Å². The summed E-state index contributed by atoms with van der Waals surface area (Å²) in [5, 5.41) is 9.01. The number of aromatic nitrogens is 2. The van der Waals surface area contributed by atoms with Gasteiger partial charge in [-0.25, -0.2) is 4.79 Å². The summed E-state index contributed by atoms with van der Waals surface area (Å²) in [5.41, 5.74) is 4.89. The number of hydrogen-bond acceptors (Lipinski definition) is 5. The molecule has 1 radical (unpaired) electrons. The molecule has 2 rings (SSSR count). The molecular formula is C9H11ClN3O3. The topological polar surface area (TPSA) is 90.4 Å². The highest BCUT2D eigenvalue weighted by molar-refractivity contribution is 6.32. The molecule has 16 heavy (non-hydrogen) atoms. The molecule has 3 N–H and O–H groups in total. The Morgan fingerprint density at radius 1 is 1.69 bits per heavy atom. The van der Waals surface area contributed by atoms with Gasteiger partial charge in [-0.3, -0.25) is 4.57 Å². The summed E-state index contributed by atoms with van der Waals surface area (Å²) < 4.78 is 6.67. The third kappa shape index (κ3) is 2.04. The molecule has 1 saturated heterocycles. The van der Waals surface area contributed by atoms with Gasteiger partial charge in [-0.2, -0.15) is 4.98 Å². The Balaban J connectivity index is 2.28. The molecule has 6 nitrogen and oxygen atoms in total. The SMILES string of the molecule is Nc1nc(=O)n([C@H]2CC[C@@H]([CH]O)O2)cc1Cl. The van der Waals surface area contributed by atoms with Gasteiger partial charge in [-0.05, 0) is 12.8 Å². The maximum Gasteiger partial charge on any atom is 0.351 e. The van der Waals surface area contributed by atoms with Gasteiger partial charge in [-0.15, -0.1) is 0 Å².